The van der Waals surface area contributed by atoms with Crippen LogP contribution in [0.3, 0.4) is 0 Å². The average Bonchev–Trinajstić information content (AvgIpc) is 2.35. The summed E-state index contributed by atoms with van der Waals surface area (Å²) in [6.45, 7) is 7.95. The van der Waals surface area contributed by atoms with Gasteiger partial charge in [-0.1, -0.05) is 26.0 Å². The minimum absolute atomic E-state index is 0.0102. The molecule has 0 spiro atoms. The van der Waals surface area contributed by atoms with Crippen LogP contribution in [0.15, 0.2) is 18.2 Å². The highest BCUT2D eigenvalue weighted by Gasteiger charge is 2.20. The van der Waals surface area contributed by atoms with Gasteiger partial charge in [0.05, 0.1) is 4.92 Å². The number of anilines is 1. The number of nitrogens with zero attached hydrogens (tertiary/aromatic N) is 1. The van der Waals surface area contributed by atoms with Gasteiger partial charge in [0.1, 0.15) is 11.7 Å². The first-order chi connectivity index (χ1) is 9.32. The highest BCUT2D eigenvalue weighted by molar-refractivity contribution is 5.85. The van der Waals surface area contributed by atoms with Crippen LogP contribution in [0.25, 0.3) is 0 Å². The Bertz CT molecular complexity index is 500. The van der Waals surface area contributed by atoms with E-state index in [2.05, 4.69) is 10.6 Å². The zero-order valence-corrected chi connectivity index (χ0v) is 12.3. The van der Waals surface area contributed by atoms with Crippen molar-refractivity contribution in [1.82, 2.24) is 5.32 Å². The van der Waals surface area contributed by atoms with Gasteiger partial charge < -0.3 is 10.6 Å². The number of hydrogen-bond acceptors (Lipinski definition) is 4. The molecule has 0 radical (unpaired) electrons. The summed E-state index contributed by atoms with van der Waals surface area (Å²) in [6.07, 6.45) is 0. The second kappa shape index (κ2) is 6.88. The van der Waals surface area contributed by atoms with E-state index in [1.54, 1.807) is 32.0 Å². The molecule has 0 saturated carbocycles. The van der Waals surface area contributed by atoms with E-state index >= 15 is 0 Å². The number of carbonyl (C=O) groups is 1. The number of para-hydroxylation sites is 1. The van der Waals surface area contributed by atoms with E-state index in [1.807, 2.05) is 13.8 Å². The normalized spacial score (nSPS) is 12.1. The summed E-state index contributed by atoms with van der Waals surface area (Å²) in [4.78, 5) is 22.5. The molecule has 0 heterocycles. The first-order valence-electron chi connectivity index (χ1n) is 6.61. The maximum Gasteiger partial charge on any atom is 0.295 e. The molecule has 1 aromatic rings. The lowest BCUT2D eigenvalue weighted by Gasteiger charge is -2.16. The summed E-state index contributed by atoms with van der Waals surface area (Å²) >= 11 is 0. The molecule has 0 aliphatic carbocycles. The predicted molar refractivity (Wildman–Crippen MR) is 78.8 cm³/mol. The third kappa shape index (κ3) is 4.22. The smallest absolute Gasteiger partial charge is 0.295 e. The molecular weight excluding hydrogens is 258 g/mol. The maximum absolute atomic E-state index is 11.9. The zero-order valence-electron chi connectivity index (χ0n) is 12.3. The Morgan fingerprint density at radius 3 is 2.55 bits per heavy atom. The first kappa shape index (κ1) is 15.9. The van der Waals surface area contributed by atoms with Crippen molar-refractivity contribution in [3.63, 3.8) is 0 Å². The zero-order chi connectivity index (χ0) is 15.3. The molecule has 0 aromatic heterocycles. The SMILES string of the molecule is Cc1cccc(NC(C)C(=O)NCC(C)C)c1[N+](=O)[O-]. The van der Waals surface area contributed by atoms with Gasteiger partial charge in [-0.2, -0.15) is 0 Å². The summed E-state index contributed by atoms with van der Waals surface area (Å²) in [7, 11) is 0. The quantitative estimate of drug-likeness (QED) is 0.619. The summed E-state index contributed by atoms with van der Waals surface area (Å²) in [5.74, 6) is 0.189. The van der Waals surface area contributed by atoms with E-state index in [-0.39, 0.29) is 11.6 Å². The van der Waals surface area contributed by atoms with E-state index in [0.717, 1.165) is 0 Å². The van der Waals surface area contributed by atoms with E-state index < -0.39 is 11.0 Å². The number of hydrogen-bond donors (Lipinski definition) is 2. The third-order valence-corrected chi connectivity index (χ3v) is 2.87. The molecule has 2 N–H and O–H groups in total. The molecule has 1 atom stereocenters. The van der Waals surface area contributed by atoms with Crippen molar-refractivity contribution >= 4 is 17.3 Å². The Morgan fingerprint density at radius 2 is 2.00 bits per heavy atom. The van der Waals surface area contributed by atoms with Gasteiger partial charge in [-0.25, -0.2) is 0 Å². The molecule has 0 fully saturated rings. The van der Waals surface area contributed by atoms with Crippen LogP contribution in [0.5, 0.6) is 0 Å². The molecule has 0 bridgehead atoms. The Morgan fingerprint density at radius 1 is 1.35 bits per heavy atom. The van der Waals surface area contributed by atoms with Crippen molar-refractivity contribution in [1.29, 1.82) is 0 Å². The van der Waals surface area contributed by atoms with Crippen LogP contribution in [0.1, 0.15) is 26.3 Å². The number of benzene rings is 1. The van der Waals surface area contributed by atoms with Crippen molar-refractivity contribution in [2.24, 2.45) is 5.92 Å². The molecule has 0 saturated heterocycles. The van der Waals surface area contributed by atoms with Crippen molar-refractivity contribution in [3.05, 3.63) is 33.9 Å². The predicted octanol–water partition coefficient (Wildman–Crippen LogP) is 2.48. The van der Waals surface area contributed by atoms with Gasteiger partial charge in [0.25, 0.3) is 5.69 Å². The summed E-state index contributed by atoms with van der Waals surface area (Å²) in [5.41, 5.74) is 0.938. The van der Waals surface area contributed by atoms with Crippen LogP contribution >= 0.6 is 0 Å². The number of nitrogens with one attached hydrogen (secondary N) is 2. The molecule has 1 aromatic carbocycles. The van der Waals surface area contributed by atoms with Crippen molar-refractivity contribution in [3.8, 4) is 0 Å². The highest BCUT2D eigenvalue weighted by atomic mass is 16.6. The fourth-order valence-electron chi connectivity index (χ4n) is 1.77. The summed E-state index contributed by atoms with van der Waals surface area (Å²) < 4.78 is 0. The maximum atomic E-state index is 11.9. The van der Waals surface area contributed by atoms with E-state index in [4.69, 9.17) is 0 Å². The van der Waals surface area contributed by atoms with E-state index in [1.165, 1.54) is 0 Å². The van der Waals surface area contributed by atoms with Crippen LogP contribution in [0, 0.1) is 23.0 Å². The molecule has 0 aliphatic rings. The van der Waals surface area contributed by atoms with Gasteiger partial charge in [0, 0.05) is 12.1 Å². The van der Waals surface area contributed by atoms with E-state index in [9.17, 15) is 14.9 Å². The number of rotatable bonds is 6. The van der Waals surface area contributed by atoms with Crippen LogP contribution < -0.4 is 10.6 Å². The van der Waals surface area contributed by atoms with Crippen molar-refractivity contribution in [2.75, 3.05) is 11.9 Å². The fraction of sp³-hybridized carbons (Fsp3) is 0.500. The lowest BCUT2D eigenvalue weighted by atomic mass is 10.1. The third-order valence-electron chi connectivity index (χ3n) is 2.87. The fourth-order valence-corrected chi connectivity index (χ4v) is 1.77. The van der Waals surface area contributed by atoms with Gasteiger partial charge in [-0.05, 0) is 25.8 Å². The standard InChI is InChI=1S/C14H21N3O3/c1-9(2)8-15-14(18)11(4)16-12-7-5-6-10(3)13(12)17(19)20/h5-7,9,11,16H,8H2,1-4H3,(H,15,18). The molecule has 1 rings (SSSR count). The highest BCUT2D eigenvalue weighted by Crippen LogP contribution is 2.28. The minimum atomic E-state index is -0.533. The summed E-state index contributed by atoms with van der Waals surface area (Å²) in [5, 5.41) is 16.8. The molecule has 6 heteroatoms. The van der Waals surface area contributed by atoms with Gasteiger partial charge in [-0.15, -0.1) is 0 Å². The monoisotopic (exact) mass is 279 g/mol. The Kier molecular flexibility index (Phi) is 5.49. The summed E-state index contributed by atoms with van der Waals surface area (Å²) in [6, 6.07) is 4.47. The van der Waals surface area contributed by atoms with Gasteiger partial charge >= 0.3 is 0 Å². The van der Waals surface area contributed by atoms with Crippen LogP contribution in [-0.2, 0) is 4.79 Å². The van der Waals surface area contributed by atoms with Crippen LogP contribution in [0.2, 0.25) is 0 Å². The Balaban J connectivity index is 2.80. The van der Waals surface area contributed by atoms with Crippen LogP contribution in [0.4, 0.5) is 11.4 Å². The topological polar surface area (TPSA) is 84.3 Å². The second-order valence-corrected chi connectivity index (χ2v) is 5.23. The number of amides is 1. The van der Waals surface area contributed by atoms with Crippen molar-refractivity contribution in [2.45, 2.75) is 33.7 Å². The molecule has 1 unspecified atom stereocenters. The molecule has 1 amide bonds. The number of aryl methyl sites for hydroxylation is 1. The first-order valence-corrected chi connectivity index (χ1v) is 6.61. The molecule has 110 valence electrons. The average molecular weight is 279 g/mol. The van der Waals surface area contributed by atoms with E-state index in [0.29, 0.717) is 23.7 Å². The minimum Gasteiger partial charge on any atom is -0.368 e. The number of carbonyl (C=O) groups excluding carboxylic acids is 1. The lowest BCUT2D eigenvalue weighted by Crippen LogP contribution is -2.39. The second-order valence-electron chi connectivity index (χ2n) is 5.23. The van der Waals surface area contributed by atoms with Gasteiger partial charge in [-0.3, -0.25) is 14.9 Å². The largest absolute Gasteiger partial charge is 0.368 e. The number of nitro groups is 1. The Hall–Kier alpha value is -2.11. The van der Waals surface area contributed by atoms with Gasteiger partial charge in [0.15, 0.2) is 0 Å². The molecule has 0 aliphatic heterocycles. The molecular formula is C14H21N3O3. The Labute approximate surface area is 118 Å². The van der Waals surface area contributed by atoms with Crippen LogP contribution in [-0.4, -0.2) is 23.4 Å². The van der Waals surface area contributed by atoms with Gasteiger partial charge in [0.2, 0.25) is 5.91 Å². The molecule has 20 heavy (non-hydrogen) atoms. The molecule has 6 nitrogen and oxygen atoms in total. The number of nitro benzene ring substituents is 1. The lowest BCUT2D eigenvalue weighted by molar-refractivity contribution is -0.384. The van der Waals surface area contributed by atoms with Crippen molar-refractivity contribution < 1.29 is 9.72 Å².